The fourth-order valence-electron chi connectivity index (χ4n) is 5.70. The number of rotatable bonds is 3. The van der Waals surface area contributed by atoms with Gasteiger partial charge in [-0.25, -0.2) is 9.24 Å². The van der Waals surface area contributed by atoms with Gasteiger partial charge in [-0.2, -0.15) is 0 Å². The third-order valence-corrected chi connectivity index (χ3v) is 7.54. The molecule has 0 radical (unpaired) electrons. The van der Waals surface area contributed by atoms with Crippen LogP contribution in [0.2, 0.25) is 0 Å². The largest absolute Gasteiger partial charge is 0.238 e. The first-order chi connectivity index (χ1) is 19.2. The summed E-state index contributed by atoms with van der Waals surface area (Å²) in [5.41, 5.74) is 6.25. The molecule has 0 atom stereocenters. The van der Waals surface area contributed by atoms with Crippen LogP contribution in [0.15, 0.2) is 133 Å². The predicted octanol–water partition coefficient (Wildman–Crippen LogP) is 10.8. The van der Waals surface area contributed by atoms with Crippen molar-refractivity contribution in [2.45, 2.75) is 0 Å². The molecule has 0 aliphatic heterocycles. The van der Waals surface area contributed by atoms with E-state index in [9.17, 15) is 0 Å². The van der Waals surface area contributed by atoms with Gasteiger partial charge in [-0.05, 0) is 66.7 Å². The third-order valence-electron chi connectivity index (χ3n) is 7.54. The molecule has 0 aliphatic rings. The van der Waals surface area contributed by atoms with Gasteiger partial charge in [0.15, 0.2) is 5.69 Å². The topological polar surface area (TPSA) is 4.36 Å². The Morgan fingerprint density at radius 1 is 0.462 bits per heavy atom. The fraction of sp³-hybridized carbons (Fsp3) is 0. The van der Waals surface area contributed by atoms with Gasteiger partial charge in [0.05, 0.1) is 6.57 Å². The Bertz CT molecular complexity index is 2020. The number of fused-ring (bicyclic) bond motifs is 3. The summed E-state index contributed by atoms with van der Waals surface area (Å²) in [7, 11) is 0. The first-order valence-corrected chi connectivity index (χ1v) is 12.9. The van der Waals surface area contributed by atoms with Gasteiger partial charge in [-0.15, -0.1) is 0 Å². The van der Waals surface area contributed by atoms with Crippen LogP contribution in [0.1, 0.15) is 0 Å². The normalized spacial score (nSPS) is 11.2. The smallest absolute Gasteiger partial charge is 0.190 e. The Morgan fingerprint density at radius 3 is 1.62 bits per heavy atom. The van der Waals surface area contributed by atoms with Crippen molar-refractivity contribution in [3.63, 3.8) is 0 Å². The van der Waals surface area contributed by atoms with Crippen LogP contribution >= 0.6 is 0 Å². The molecule has 0 aliphatic carbocycles. The van der Waals surface area contributed by atoms with Crippen molar-refractivity contribution < 1.29 is 4.39 Å². The summed E-state index contributed by atoms with van der Waals surface area (Å²) < 4.78 is 15.4. The highest BCUT2D eigenvalue weighted by Crippen LogP contribution is 2.44. The Hall–Kier alpha value is -5.26. The molecule has 0 bridgehead atoms. The summed E-state index contributed by atoms with van der Waals surface area (Å²) in [5.74, 6) is -0.383. The summed E-state index contributed by atoms with van der Waals surface area (Å²) in [6.45, 7) is 7.27. The van der Waals surface area contributed by atoms with Crippen LogP contribution in [0.25, 0.3) is 70.5 Å². The minimum absolute atomic E-state index is 0.299. The second-order valence-corrected chi connectivity index (χ2v) is 9.76. The summed E-state index contributed by atoms with van der Waals surface area (Å²) in [6, 6.07) is 44.9. The molecule has 1 nitrogen and oxygen atoms in total. The lowest BCUT2D eigenvalue weighted by Crippen LogP contribution is -1.92. The van der Waals surface area contributed by atoms with E-state index in [4.69, 9.17) is 6.57 Å². The van der Waals surface area contributed by atoms with Crippen molar-refractivity contribution in [3.8, 4) is 33.4 Å². The zero-order valence-electron chi connectivity index (χ0n) is 21.0. The van der Waals surface area contributed by atoms with E-state index in [0.717, 1.165) is 43.8 Å². The average molecular weight is 500 g/mol. The van der Waals surface area contributed by atoms with Gasteiger partial charge in [-0.3, -0.25) is 0 Å². The van der Waals surface area contributed by atoms with E-state index in [0.29, 0.717) is 11.3 Å². The molecular weight excluding hydrogens is 477 g/mol. The van der Waals surface area contributed by atoms with E-state index in [2.05, 4.69) is 95.8 Å². The van der Waals surface area contributed by atoms with Crippen molar-refractivity contribution >= 4 is 38.0 Å². The van der Waals surface area contributed by atoms with Crippen LogP contribution in [0.3, 0.4) is 0 Å². The van der Waals surface area contributed by atoms with Crippen LogP contribution in [-0.4, -0.2) is 0 Å². The molecule has 0 amide bonds. The molecule has 0 saturated carbocycles. The number of benzene rings is 7. The van der Waals surface area contributed by atoms with E-state index < -0.39 is 0 Å². The van der Waals surface area contributed by atoms with Gasteiger partial charge in [0.1, 0.15) is 5.82 Å². The maximum atomic E-state index is 15.4. The van der Waals surface area contributed by atoms with E-state index in [-0.39, 0.29) is 5.82 Å². The molecule has 7 aromatic carbocycles. The molecule has 0 saturated heterocycles. The molecular formula is C37H22FN. The van der Waals surface area contributed by atoms with Crippen molar-refractivity contribution in [2.24, 2.45) is 0 Å². The number of hydrogen-bond acceptors (Lipinski definition) is 0. The van der Waals surface area contributed by atoms with E-state index in [1.807, 2.05) is 24.3 Å². The van der Waals surface area contributed by atoms with Gasteiger partial charge in [0.2, 0.25) is 0 Å². The minimum Gasteiger partial charge on any atom is -0.238 e. The molecule has 0 fully saturated rings. The van der Waals surface area contributed by atoms with Crippen LogP contribution in [-0.2, 0) is 0 Å². The lowest BCUT2D eigenvalue weighted by molar-refractivity contribution is 0.632. The second kappa shape index (κ2) is 9.24. The Balaban J connectivity index is 1.44. The van der Waals surface area contributed by atoms with Crippen LogP contribution in [0.5, 0.6) is 0 Å². The van der Waals surface area contributed by atoms with Gasteiger partial charge in [-0.1, -0.05) is 121 Å². The number of hydrogen-bond donors (Lipinski definition) is 0. The summed E-state index contributed by atoms with van der Waals surface area (Å²) in [4.78, 5) is 3.40. The lowest BCUT2D eigenvalue weighted by Gasteiger charge is -2.18. The molecule has 7 aromatic rings. The molecule has 0 N–H and O–H groups in total. The minimum atomic E-state index is -0.383. The van der Waals surface area contributed by atoms with E-state index in [1.54, 1.807) is 12.1 Å². The van der Waals surface area contributed by atoms with Gasteiger partial charge < -0.3 is 0 Å². The highest BCUT2D eigenvalue weighted by Gasteiger charge is 2.18. The molecule has 7 rings (SSSR count). The highest BCUT2D eigenvalue weighted by atomic mass is 19.1. The molecule has 182 valence electrons. The van der Waals surface area contributed by atoms with Crippen LogP contribution in [0.4, 0.5) is 10.1 Å². The predicted molar refractivity (Wildman–Crippen MR) is 161 cm³/mol. The molecule has 0 heterocycles. The van der Waals surface area contributed by atoms with Crippen molar-refractivity contribution in [3.05, 3.63) is 151 Å². The van der Waals surface area contributed by atoms with Gasteiger partial charge in [0.25, 0.3) is 0 Å². The highest BCUT2D eigenvalue weighted by molar-refractivity contribution is 6.21. The monoisotopic (exact) mass is 499 g/mol. The third kappa shape index (κ3) is 3.84. The quantitative estimate of drug-likeness (QED) is 0.168. The van der Waals surface area contributed by atoms with Gasteiger partial charge in [0, 0.05) is 11.1 Å². The Kier molecular flexibility index (Phi) is 5.43. The first kappa shape index (κ1) is 22.9. The maximum Gasteiger partial charge on any atom is 0.190 e. The number of halogens is 1. The Morgan fingerprint density at radius 2 is 1.00 bits per heavy atom. The van der Waals surface area contributed by atoms with E-state index in [1.165, 1.54) is 22.4 Å². The number of nitrogens with zero attached hydrogens (tertiary/aromatic N) is 1. The van der Waals surface area contributed by atoms with Crippen LogP contribution in [0, 0.1) is 12.4 Å². The molecule has 0 spiro atoms. The van der Waals surface area contributed by atoms with E-state index >= 15 is 4.39 Å². The molecule has 0 unspecified atom stereocenters. The van der Waals surface area contributed by atoms with Crippen molar-refractivity contribution in [2.75, 3.05) is 0 Å². The molecule has 2 heteroatoms. The van der Waals surface area contributed by atoms with Gasteiger partial charge >= 0.3 is 0 Å². The van der Waals surface area contributed by atoms with Crippen LogP contribution < -0.4 is 0 Å². The maximum absolute atomic E-state index is 15.4. The second-order valence-electron chi connectivity index (χ2n) is 9.76. The Labute approximate surface area is 226 Å². The zero-order valence-corrected chi connectivity index (χ0v) is 21.0. The molecule has 0 aromatic heterocycles. The SMILES string of the molecule is [C-]#[N+]c1ccc(-c2c3ccccc3c(-c3ccc(-c4ccc5ccccc5c4)cc3)c3ccccc23)c(F)c1. The van der Waals surface area contributed by atoms with Crippen molar-refractivity contribution in [1.82, 2.24) is 0 Å². The average Bonchev–Trinajstić information content (AvgIpc) is 3.00. The van der Waals surface area contributed by atoms with Crippen molar-refractivity contribution in [1.29, 1.82) is 0 Å². The lowest BCUT2D eigenvalue weighted by atomic mass is 9.85. The summed E-state index contributed by atoms with van der Waals surface area (Å²) in [5, 5.41) is 6.56. The molecule has 39 heavy (non-hydrogen) atoms. The summed E-state index contributed by atoms with van der Waals surface area (Å²) in [6.07, 6.45) is 0. The standard InChI is InChI=1S/C37H22FN/c1-39-29-20-21-34(35(38)23-29)37-32-12-6-4-10-30(32)36(31-11-5-7-13-33(31)37)26-17-14-25(15-18-26)28-19-16-24-8-2-3-9-27(24)22-28/h2-23H. The zero-order chi connectivity index (χ0) is 26.3. The first-order valence-electron chi connectivity index (χ1n) is 12.9. The fourth-order valence-corrected chi connectivity index (χ4v) is 5.70. The summed E-state index contributed by atoms with van der Waals surface area (Å²) >= 11 is 0.